The fraction of sp³-hybridized carbons (Fsp3) is 0.150. The monoisotopic (exact) mass is 411 g/mol. The Kier molecular flexibility index (Phi) is 6.89. The van der Waals surface area contributed by atoms with Gasteiger partial charge in [-0.15, -0.1) is 23.1 Å². The molecule has 6 nitrogen and oxygen atoms in total. The lowest BCUT2D eigenvalue weighted by atomic mass is 10.1. The predicted molar refractivity (Wildman–Crippen MR) is 111 cm³/mol. The van der Waals surface area contributed by atoms with Gasteiger partial charge in [-0.2, -0.15) is 5.26 Å². The van der Waals surface area contributed by atoms with E-state index in [1.54, 1.807) is 42.8 Å². The van der Waals surface area contributed by atoms with Crippen LogP contribution in [0.5, 0.6) is 5.75 Å². The summed E-state index contributed by atoms with van der Waals surface area (Å²) in [7, 11) is 1.62. The van der Waals surface area contributed by atoms with Crippen molar-refractivity contribution in [2.75, 3.05) is 12.4 Å². The summed E-state index contributed by atoms with van der Waals surface area (Å²) in [5, 5.41) is 14.2. The van der Waals surface area contributed by atoms with Crippen LogP contribution < -0.4 is 10.1 Å². The second-order valence-electron chi connectivity index (χ2n) is 5.60. The van der Waals surface area contributed by atoms with Crippen molar-refractivity contribution in [1.82, 2.24) is 4.98 Å². The minimum Gasteiger partial charge on any atom is -0.496 e. The summed E-state index contributed by atoms with van der Waals surface area (Å²) in [4.78, 5) is 16.3. The third-order valence-electron chi connectivity index (χ3n) is 3.72. The van der Waals surface area contributed by atoms with E-state index in [4.69, 9.17) is 9.15 Å². The molecule has 0 aliphatic carbocycles. The Labute approximate surface area is 170 Å². The van der Waals surface area contributed by atoms with Gasteiger partial charge in [0.15, 0.2) is 5.13 Å². The largest absolute Gasteiger partial charge is 0.496 e. The lowest BCUT2D eigenvalue weighted by molar-refractivity contribution is -0.112. The van der Waals surface area contributed by atoms with E-state index in [0.717, 1.165) is 28.4 Å². The number of hydrogen-bond acceptors (Lipinski definition) is 7. The van der Waals surface area contributed by atoms with Crippen LogP contribution in [-0.2, 0) is 16.3 Å². The number of benzene rings is 1. The van der Waals surface area contributed by atoms with E-state index in [-0.39, 0.29) is 5.57 Å². The Bertz CT molecular complexity index is 990. The van der Waals surface area contributed by atoms with Gasteiger partial charge in [0, 0.05) is 22.9 Å². The number of anilines is 1. The van der Waals surface area contributed by atoms with Crippen molar-refractivity contribution in [3.05, 3.63) is 70.6 Å². The number of aromatic nitrogens is 1. The molecule has 28 heavy (non-hydrogen) atoms. The number of ether oxygens (including phenoxy) is 1. The molecule has 0 aliphatic heterocycles. The van der Waals surface area contributed by atoms with Gasteiger partial charge in [0.25, 0.3) is 5.91 Å². The van der Waals surface area contributed by atoms with Crippen LogP contribution in [0.25, 0.3) is 6.08 Å². The number of methoxy groups -OCH3 is 1. The molecule has 0 fully saturated rings. The van der Waals surface area contributed by atoms with Gasteiger partial charge in [-0.1, -0.05) is 6.07 Å². The van der Waals surface area contributed by atoms with Crippen LogP contribution in [0.1, 0.15) is 16.9 Å². The van der Waals surface area contributed by atoms with Crippen molar-refractivity contribution in [3.8, 4) is 11.8 Å². The molecule has 0 aliphatic rings. The lowest BCUT2D eigenvalue weighted by Gasteiger charge is -2.09. The van der Waals surface area contributed by atoms with Gasteiger partial charge in [-0.25, -0.2) is 4.98 Å². The minimum atomic E-state index is -0.484. The summed E-state index contributed by atoms with van der Waals surface area (Å²) in [6.45, 7) is 0. The fourth-order valence-corrected chi connectivity index (χ4v) is 3.86. The molecular formula is C20H17N3O3S2. The summed E-state index contributed by atoms with van der Waals surface area (Å²) in [5.74, 6) is 2.64. The van der Waals surface area contributed by atoms with E-state index >= 15 is 0 Å². The van der Waals surface area contributed by atoms with E-state index in [1.807, 2.05) is 36.4 Å². The Morgan fingerprint density at radius 2 is 2.32 bits per heavy atom. The van der Waals surface area contributed by atoms with E-state index in [2.05, 4.69) is 10.3 Å². The van der Waals surface area contributed by atoms with Crippen LogP contribution in [0.15, 0.2) is 58.2 Å². The third-order valence-corrected chi connectivity index (χ3v) is 5.41. The summed E-state index contributed by atoms with van der Waals surface area (Å²) < 4.78 is 10.8. The number of nitrogens with zero attached hydrogens (tertiary/aromatic N) is 2. The van der Waals surface area contributed by atoms with Gasteiger partial charge in [0.2, 0.25) is 0 Å². The highest BCUT2D eigenvalue weighted by Gasteiger charge is 2.12. The molecule has 0 unspecified atom stereocenters. The fourth-order valence-electron chi connectivity index (χ4n) is 2.42. The summed E-state index contributed by atoms with van der Waals surface area (Å²) >= 11 is 2.98. The van der Waals surface area contributed by atoms with Gasteiger partial charge >= 0.3 is 0 Å². The van der Waals surface area contributed by atoms with Gasteiger partial charge in [-0.3, -0.25) is 10.1 Å². The van der Waals surface area contributed by atoms with Crippen LogP contribution in [0.2, 0.25) is 0 Å². The highest BCUT2D eigenvalue weighted by atomic mass is 32.2. The topological polar surface area (TPSA) is 88.1 Å². The first-order valence-corrected chi connectivity index (χ1v) is 10.3. The van der Waals surface area contributed by atoms with Gasteiger partial charge < -0.3 is 9.15 Å². The number of carbonyl (C=O) groups is 1. The van der Waals surface area contributed by atoms with Gasteiger partial charge in [0.05, 0.1) is 19.1 Å². The number of carbonyl (C=O) groups excluding carboxylic acids is 1. The second-order valence-corrected chi connectivity index (χ2v) is 7.48. The zero-order chi connectivity index (χ0) is 19.8. The summed E-state index contributed by atoms with van der Waals surface area (Å²) in [6.07, 6.45) is 4.80. The highest BCUT2D eigenvalue weighted by Crippen LogP contribution is 2.27. The first kappa shape index (κ1) is 19.7. The molecule has 3 aromatic rings. The molecule has 1 aromatic carbocycles. The zero-order valence-electron chi connectivity index (χ0n) is 15.0. The average molecular weight is 412 g/mol. The van der Waals surface area contributed by atoms with Crippen LogP contribution in [0, 0.1) is 11.3 Å². The molecule has 0 radical (unpaired) electrons. The summed E-state index contributed by atoms with van der Waals surface area (Å²) in [5.41, 5.74) is 1.74. The van der Waals surface area contributed by atoms with Gasteiger partial charge in [0.1, 0.15) is 23.2 Å². The van der Waals surface area contributed by atoms with Crippen LogP contribution >= 0.6 is 23.1 Å². The number of nitrogens with one attached hydrogen (secondary N) is 1. The number of hydrogen-bond donors (Lipinski definition) is 1. The Balaban J connectivity index is 1.73. The smallest absolute Gasteiger partial charge is 0.268 e. The predicted octanol–water partition coefficient (Wildman–Crippen LogP) is 4.72. The van der Waals surface area contributed by atoms with Crippen molar-refractivity contribution in [2.24, 2.45) is 0 Å². The minimum absolute atomic E-state index is 0.00885. The maximum Gasteiger partial charge on any atom is 0.268 e. The zero-order valence-corrected chi connectivity index (χ0v) is 16.7. The number of rotatable bonds is 8. The number of furan rings is 1. The number of thioether (sulfide) groups is 1. The molecule has 1 N–H and O–H groups in total. The molecular weight excluding hydrogens is 394 g/mol. The number of amides is 1. The van der Waals surface area contributed by atoms with Crippen molar-refractivity contribution in [1.29, 1.82) is 5.26 Å². The molecule has 2 heterocycles. The van der Waals surface area contributed by atoms with E-state index in [1.165, 1.54) is 11.3 Å². The molecule has 0 atom stereocenters. The third kappa shape index (κ3) is 5.25. The van der Waals surface area contributed by atoms with Crippen LogP contribution in [0.3, 0.4) is 0 Å². The van der Waals surface area contributed by atoms with E-state index in [0.29, 0.717) is 10.9 Å². The molecule has 0 saturated heterocycles. The Hall–Kier alpha value is -3.02. The van der Waals surface area contributed by atoms with Crippen molar-refractivity contribution < 1.29 is 13.9 Å². The van der Waals surface area contributed by atoms with Crippen LogP contribution in [-0.4, -0.2) is 18.0 Å². The lowest BCUT2D eigenvalue weighted by Crippen LogP contribution is -2.13. The first-order valence-electron chi connectivity index (χ1n) is 8.29. The molecule has 2 aromatic heterocycles. The first-order chi connectivity index (χ1) is 13.7. The molecule has 0 saturated carbocycles. The Morgan fingerprint density at radius 1 is 1.43 bits per heavy atom. The highest BCUT2D eigenvalue weighted by molar-refractivity contribution is 7.97. The maximum atomic E-state index is 12.3. The molecule has 0 bridgehead atoms. The van der Waals surface area contributed by atoms with Crippen molar-refractivity contribution >= 4 is 40.2 Å². The van der Waals surface area contributed by atoms with Crippen LogP contribution in [0.4, 0.5) is 5.13 Å². The average Bonchev–Trinajstić information content (AvgIpc) is 3.40. The normalized spacial score (nSPS) is 11.1. The van der Waals surface area contributed by atoms with Crippen molar-refractivity contribution in [3.63, 3.8) is 0 Å². The SMILES string of the molecule is COc1ccc(/C=C(\C#N)C(=O)Nc2nccs2)cc1CSCc1ccco1. The van der Waals surface area contributed by atoms with E-state index < -0.39 is 5.91 Å². The number of nitriles is 1. The van der Waals surface area contributed by atoms with Gasteiger partial charge in [-0.05, 0) is 35.9 Å². The standard InChI is InChI=1S/C20H17N3O3S2/c1-25-18-5-4-14(10-16(18)12-27-13-17-3-2-7-26-17)9-15(11-21)19(24)23-20-22-6-8-28-20/h2-10H,12-13H2,1H3,(H,22,23,24)/b15-9+. The van der Waals surface area contributed by atoms with Crippen molar-refractivity contribution in [2.45, 2.75) is 11.5 Å². The second kappa shape index (κ2) is 9.78. The quantitative estimate of drug-likeness (QED) is 0.426. The number of thiazole rings is 1. The molecule has 142 valence electrons. The summed E-state index contributed by atoms with van der Waals surface area (Å²) in [6, 6.07) is 11.3. The maximum absolute atomic E-state index is 12.3. The molecule has 3 rings (SSSR count). The molecule has 1 amide bonds. The molecule has 0 spiro atoms. The molecule has 8 heteroatoms. The van der Waals surface area contributed by atoms with E-state index in [9.17, 15) is 10.1 Å². The Morgan fingerprint density at radius 3 is 3.00 bits per heavy atom.